The van der Waals surface area contributed by atoms with Crippen molar-refractivity contribution >= 4 is 33.5 Å². The van der Waals surface area contributed by atoms with Crippen LogP contribution in [0.4, 0.5) is 11.4 Å². The second-order valence-electron chi connectivity index (χ2n) is 4.07. The van der Waals surface area contributed by atoms with Gasteiger partial charge in [-0.1, -0.05) is 6.07 Å². The molecule has 0 aliphatic rings. The van der Waals surface area contributed by atoms with Crippen molar-refractivity contribution in [1.29, 1.82) is 0 Å². The number of non-ortho nitro benzene ring substituents is 1. The second kappa shape index (κ2) is 6.85. The van der Waals surface area contributed by atoms with Crippen molar-refractivity contribution in [3.8, 4) is 5.75 Å². The van der Waals surface area contributed by atoms with Crippen molar-refractivity contribution in [3.05, 3.63) is 62.6 Å². The van der Waals surface area contributed by atoms with Crippen LogP contribution in [0.5, 0.6) is 5.75 Å². The van der Waals surface area contributed by atoms with Gasteiger partial charge >= 0.3 is 0 Å². The number of benzene rings is 2. The van der Waals surface area contributed by atoms with Crippen LogP contribution in [-0.4, -0.2) is 18.2 Å². The van der Waals surface area contributed by atoms with Crippen molar-refractivity contribution in [2.75, 3.05) is 12.5 Å². The summed E-state index contributed by atoms with van der Waals surface area (Å²) in [7, 11) is 1.59. The van der Waals surface area contributed by atoms with Crippen LogP contribution in [-0.2, 0) is 0 Å². The molecule has 0 saturated heterocycles. The van der Waals surface area contributed by atoms with Gasteiger partial charge in [0.25, 0.3) is 5.69 Å². The Morgan fingerprint density at radius 3 is 2.81 bits per heavy atom. The Bertz CT molecular complexity index is 689. The Labute approximate surface area is 129 Å². The monoisotopic (exact) mass is 349 g/mol. The zero-order chi connectivity index (χ0) is 15.2. The average molecular weight is 350 g/mol. The predicted molar refractivity (Wildman–Crippen MR) is 85.0 cm³/mol. The molecule has 1 N–H and O–H groups in total. The molecule has 0 saturated carbocycles. The first-order valence-corrected chi connectivity index (χ1v) is 6.76. The van der Waals surface area contributed by atoms with Crippen molar-refractivity contribution in [2.45, 2.75) is 0 Å². The van der Waals surface area contributed by atoms with Gasteiger partial charge in [-0.05, 0) is 45.8 Å². The molecule has 2 rings (SSSR count). The zero-order valence-electron chi connectivity index (χ0n) is 11.1. The highest BCUT2D eigenvalue weighted by atomic mass is 79.9. The van der Waals surface area contributed by atoms with Gasteiger partial charge in [0.05, 0.1) is 28.4 Å². The van der Waals surface area contributed by atoms with E-state index >= 15 is 0 Å². The molecule has 0 aliphatic carbocycles. The number of nitrogens with zero attached hydrogens (tertiary/aromatic N) is 2. The largest absolute Gasteiger partial charge is 0.496 e. The third-order valence-electron chi connectivity index (χ3n) is 2.64. The molecule has 7 heteroatoms. The number of nitro benzene ring substituents is 1. The predicted octanol–water partition coefficient (Wildman–Crippen LogP) is 3.81. The van der Waals surface area contributed by atoms with Gasteiger partial charge < -0.3 is 4.74 Å². The highest BCUT2D eigenvalue weighted by molar-refractivity contribution is 9.10. The van der Waals surface area contributed by atoms with Crippen molar-refractivity contribution in [1.82, 2.24) is 0 Å². The highest BCUT2D eigenvalue weighted by Crippen LogP contribution is 2.24. The molecule has 0 unspecified atom stereocenters. The minimum atomic E-state index is -0.449. The van der Waals surface area contributed by atoms with Gasteiger partial charge in [-0.25, -0.2) is 0 Å². The van der Waals surface area contributed by atoms with E-state index in [1.54, 1.807) is 25.5 Å². The topological polar surface area (TPSA) is 76.8 Å². The summed E-state index contributed by atoms with van der Waals surface area (Å²) in [6.45, 7) is 0. The van der Waals surface area contributed by atoms with Gasteiger partial charge in [0.15, 0.2) is 0 Å². The van der Waals surface area contributed by atoms with E-state index in [2.05, 4.69) is 26.5 Å². The molecule has 0 spiro atoms. The van der Waals surface area contributed by atoms with Gasteiger partial charge in [0.2, 0.25) is 0 Å². The van der Waals surface area contributed by atoms with Crippen LogP contribution in [0.1, 0.15) is 5.56 Å². The van der Waals surface area contributed by atoms with E-state index in [9.17, 15) is 10.1 Å². The smallest absolute Gasteiger partial charge is 0.271 e. The molecule has 0 heterocycles. The SMILES string of the molecule is COc1ccc(/C=N\Nc2cccc([N+](=O)[O-])c2)cc1Br. The summed E-state index contributed by atoms with van der Waals surface area (Å²) >= 11 is 3.39. The number of nitro groups is 1. The number of rotatable bonds is 5. The minimum absolute atomic E-state index is 0.0161. The lowest BCUT2D eigenvalue weighted by Gasteiger charge is -2.03. The van der Waals surface area contributed by atoms with Crippen LogP contribution < -0.4 is 10.2 Å². The molecule has 0 aliphatic heterocycles. The molecule has 0 radical (unpaired) electrons. The summed E-state index contributed by atoms with van der Waals surface area (Å²) in [5.74, 6) is 0.735. The molecular weight excluding hydrogens is 338 g/mol. The molecule has 0 amide bonds. The van der Waals surface area contributed by atoms with E-state index in [-0.39, 0.29) is 5.69 Å². The van der Waals surface area contributed by atoms with Crippen LogP contribution in [0, 0.1) is 10.1 Å². The van der Waals surface area contributed by atoms with Gasteiger partial charge in [0.1, 0.15) is 5.75 Å². The first kappa shape index (κ1) is 15.0. The molecule has 0 fully saturated rings. The maximum absolute atomic E-state index is 10.7. The number of hydrazone groups is 1. The molecule has 6 nitrogen and oxygen atoms in total. The van der Waals surface area contributed by atoms with E-state index in [1.165, 1.54) is 12.1 Å². The van der Waals surface area contributed by atoms with Crippen LogP contribution in [0.3, 0.4) is 0 Å². The normalized spacial score (nSPS) is 10.6. The number of anilines is 1. The van der Waals surface area contributed by atoms with E-state index < -0.39 is 4.92 Å². The Morgan fingerprint density at radius 1 is 1.33 bits per heavy atom. The number of halogens is 1. The molecule has 0 bridgehead atoms. The highest BCUT2D eigenvalue weighted by Gasteiger charge is 2.04. The molecule has 0 atom stereocenters. The first-order valence-electron chi connectivity index (χ1n) is 5.97. The zero-order valence-corrected chi connectivity index (χ0v) is 12.7. The van der Waals surface area contributed by atoms with Crippen LogP contribution in [0.15, 0.2) is 52.0 Å². The van der Waals surface area contributed by atoms with Crippen molar-refractivity contribution < 1.29 is 9.66 Å². The number of methoxy groups -OCH3 is 1. The van der Waals surface area contributed by atoms with E-state index in [1.807, 2.05) is 18.2 Å². The Balaban J connectivity index is 2.07. The molecule has 2 aromatic carbocycles. The summed E-state index contributed by atoms with van der Waals surface area (Å²) < 4.78 is 5.96. The van der Waals surface area contributed by atoms with Gasteiger partial charge in [-0.15, -0.1) is 0 Å². The quantitative estimate of drug-likeness (QED) is 0.505. The third-order valence-corrected chi connectivity index (χ3v) is 3.26. The summed E-state index contributed by atoms with van der Waals surface area (Å²) in [5.41, 5.74) is 4.18. The van der Waals surface area contributed by atoms with Crippen LogP contribution >= 0.6 is 15.9 Å². The van der Waals surface area contributed by atoms with E-state index in [0.29, 0.717) is 5.69 Å². The third kappa shape index (κ3) is 4.03. The fourth-order valence-electron chi connectivity index (χ4n) is 1.63. The van der Waals surface area contributed by atoms with Crippen molar-refractivity contribution in [2.24, 2.45) is 5.10 Å². The van der Waals surface area contributed by atoms with Crippen LogP contribution in [0.2, 0.25) is 0 Å². The number of nitrogens with one attached hydrogen (secondary N) is 1. The number of ether oxygens (including phenoxy) is 1. The number of hydrogen-bond donors (Lipinski definition) is 1. The average Bonchev–Trinajstić information content (AvgIpc) is 2.48. The molecule has 0 aromatic heterocycles. The van der Waals surface area contributed by atoms with Crippen molar-refractivity contribution in [3.63, 3.8) is 0 Å². The summed E-state index contributed by atoms with van der Waals surface area (Å²) in [6, 6.07) is 11.7. The standard InChI is InChI=1S/C14H12BrN3O3/c1-21-14-6-5-10(7-13(14)15)9-16-17-11-3-2-4-12(8-11)18(19)20/h2-9,17H,1H3/b16-9-. The lowest BCUT2D eigenvalue weighted by atomic mass is 10.2. The summed E-state index contributed by atoms with van der Waals surface area (Å²) in [5, 5.41) is 14.7. The Kier molecular flexibility index (Phi) is 4.89. The molecular formula is C14H12BrN3O3. The minimum Gasteiger partial charge on any atom is -0.496 e. The first-order chi connectivity index (χ1) is 10.1. The van der Waals surface area contributed by atoms with E-state index in [4.69, 9.17) is 4.74 Å². The maximum atomic E-state index is 10.7. The van der Waals surface area contributed by atoms with E-state index in [0.717, 1.165) is 15.8 Å². The molecule has 2 aromatic rings. The summed E-state index contributed by atoms with van der Waals surface area (Å²) in [4.78, 5) is 10.2. The Morgan fingerprint density at radius 2 is 2.14 bits per heavy atom. The number of hydrogen-bond acceptors (Lipinski definition) is 5. The second-order valence-corrected chi connectivity index (χ2v) is 4.93. The summed E-state index contributed by atoms with van der Waals surface area (Å²) in [6.07, 6.45) is 1.61. The lowest BCUT2D eigenvalue weighted by molar-refractivity contribution is -0.384. The lowest BCUT2D eigenvalue weighted by Crippen LogP contribution is -1.93. The Hall–Kier alpha value is -2.41. The fourth-order valence-corrected chi connectivity index (χ4v) is 2.19. The fraction of sp³-hybridized carbons (Fsp3) is 0.0714. The maximum Gasteiger partial charge on any atom is 0.271 e. The van der Waals surface area contributed by atoms with Gasteiger partial charge in [0, 0.05) is 12.1 Å². The molecule has 108 valence electrons. The van der Waals surface area contributed by atoms with Gasteiger partial charge in [-0.2, -0.15) is 5.10 Å². The molecule has 21 heavy (non-hydrogen) atoms. The van der Waals surface area contributed by atoms with Gasteiger partial charge in [-0.3, -0.25) is 15.5 Å². The van der Waals surface area contributed by atoms with Crippen LogP contribution in [0.25, 0.3) is 0 Å².